The van der Waals surface area contributed by atoms with E-state index in [1.165, 1.54) is 12.1 Å². The summed E-state index contributed by atoms with van der Waals surface area (Å²) >= 11 is 0. The molecule has 1 saturated heterocycles. The second kappa shape index (κ2) is 7.25. The third-order valence-corrected chi connectivity index (χ3v) is 4.80. The number of rotatable bonds is 4. The zero-order chi connectivity index (χ0) is 22.6. The average Bonchev–Trinajstić information content (AvgIpc) is 3.13. The van der Waals surface area contributed by atoms with Crippen LogP contribution in [0.25, 0.3) is 0 Å². The molecule has 1 unspecified atom stereocenters. The summed E-state index contributed by atoms with van der Waals surface area (Å²) in [6, 6.07) is 5.65. The van der Waals surface area contributed by atoms with E-state index in [-0.39, 0.29) is 11.4 Å². The molecule has 2 aliphatic rings. The van der Waals surface area contributed by atoms with Crippen LogP contribution in [0.3, 0.4) is 0 Å². The number of carbonyl (C=O) groups is 1. The number of alkyl halides is 2. The van der Waals surface area contributed by atoms with Crippen LogP contribution < -0.4 is 20.5 Å². The van der Waals surface area contributed by atoms with Crippen molar-refractivity contribution in [2.45, 2.75) is 44.0 Å². The number of nitrogens with one attached hydrogen (secondary N) is 1. The van der Waals surface area contributed by atoms with Crippen molar-refractivity contribution in [1.29, 1.82) is 0 Å². The number of ether oxygens (including phenoxy) is 3. The normalized spacial score (nSPS) is 25.4. The summed E-state index contributed by atoms with van der Waals surface area (Å²) in [5.41, 5.74) is -0.939. The molecule has 1 aromatic heterocycles. The number of nitrogens with zero attached hydrogens (tertiary/aromatic N) is 2. The van der Waals surface area contributed by atoms with Gasteiger partial charge in [-0.05, 0) is 24.3 Å². The third kappa shape index (κ3) is 3.73. The Bertz CT molecular complexity index is 1090. The first kappa shape index (κ1) is 21.2. The van der Waals surface area contributed by atoms with Crippen LogP contribution in [0.4, 0.5) is 14.6 Å². The van der Waals surface area contributed by atoms with E-state index >= 15 is 0 Å². The maximum Gasteiger partial charge on any atom is 0.351 e. The summed E-state index contributed by atoms with van der Waals surface area (Å²) in [5, 5.41) is 21.0. The maximum atomic E-state index is 14.2. The molecule has 1 fully saturated rings. The van der Waals surface area contributed by atoms with E-state index in [1.807, 2.05) is 0 Å². The van der Waals surface area contributed by atoms with Gasteiger partial charge >= 0.3 is 11.6 Å². The number of fused-ring (bicyclic) bond motifs is 1. The van der Waals surface area contributed by atoms with Crippen molar-refractivity contribution in [3.63, 3.8) is 0 Å². The van der Waals surface area contributed by atoms with E-state index in [9.17, 15) is 23.5 Å². The molecule has 31 heavy (non-hydrogen) atoms. The standard InChI is InChI=1S/C19H19F2N3O7/c1-18(2)30-10-4-3-9(7-11(10)31-18)15(27)22-13-5-6-24(17(28)23-13)16-19(20,21)14(26)12(8-25)29-16/h3-7,12,14,16,25-26H,8H2,1-2H3,(H,22,23,27,28)/t12-,14-,16?/m1/s1. The first-order chi connectivity index (χ1) is 14.5. The van der Waals surface area contributed by atoms with Crippen LogP contribution in [0.2, 0.25) is 0 Å². The lowest BCUT2D eigenvalue weighted by molar-refractivity contribution is -0.140. The van der Waals surface area contributed by atoms with Crippen molar-refractivity contribution in [2.75, 3.05) is 11.9 Å². The Labute approximate surface area is 174 Å². The zero-order valence-electron chi connectivity index (χ0n) is 16.4. The van der Waals surface area contributed by atoms with Crippen molar-refractivity contribution in [2.24, 2.45) is 0 Å². The third-order valence-electron chi connectivity index (χ3n) is 4.80. The predicted molar refractivity (Wildman–Crippen MR) is 100 cm³/mol. The highest BCUT2D eigenvalue weighted by Crippen LogP contribution is 2.42. The minimum atomic E-state index is -3.83. The molecule has 2 aromatic rings. The Hall–Kier alpha value is -3.09. The topological polar surface area (TPSA) is 132 Å². The Morgan fingerprint density at radius 1 is 1.26 bits per heavy atom. The van der Waals surface area contributed by atoms with Gasteiger partial charge in [-0.15, -0.1) is 0 Å². The van der Waals surface area contributed by atoms with E-state index < -0.39 is 48.3 Å². The van der Waals surface area contributed by atoms with Crippen LogP contribution >= 0.6 is 0 Å². The summed E-state index contributed by atoms with van der Waals surface area (Å²) in [6.07, 6.45) is -5.04. The van der Waals surface area contributed by atoms with Crippen LogP contribution in [-0.4, -0.2) is 56.2 Å². The van der Waals surface area contributed by atoms with Crippen LogP contribution in [0, 0.1) is 0 Å². The quantitative estimate of drug-likeness (QED) is 0.640. The molecule has 1 amide bonds. The minimum Gasteiger partial charge on any atom is -0.449 e. The molecule has 0 spiro atoms. The molecule has 3 heterocycles. The molecule has 1 aromatic carbocycles. The van der Waals surface area contributed by atoms with Gasteiger partial charge in [0.15, 0.2) is 17.6 Å². The maximum absolute atomic E-state index is 14.2. The predicted octanol–water partition coefficient (Wildman–Crippen LogP) is 0.889. The van der Waals surface area contributed by atoms with Gasteiger partial charge in [0, 0.05) is 25.6 Å². The number of anilines is 1. The van der Waals surface area contributed by atoms with Crippen molar-refractivity contribution < 1.29 is 38.0 Å². The number of hydrogen-bond donors (Lipinski definition) is 3. The molecule has 12 heteroatoms. The summed E-state index contributed by atoms with van der Waals surface area (Å²) in [4.78, 5) is 28.3. The monoisotopic (exact) mass is 439 g/mol. The molecular formula is C19H19F2N3O7. The molecule has 3 N–H and O–H groups in total. The lowest BCUT2D eigenvalue weighted by Gasteiger charge is -2.21. The molecule has 0 aliphatic carbocycles. The number of aliphatic hydroxyl groups excluding tert-OH is 2. The molecule has 0 saturated carbocycles. The van der Waals surface area contributed by atoms with Gasteiger partial charge in [-0.2, -0.15) is 13.8 Å². The fourth-order valence-corrected chi connectivity index (χ4v) is 3.33. The molecule has 4 rings (SSSR count). The van der Waals surface area contributed by atoms with Crippen LogP contribution in [0.15, 0.2) is 35.3 Å². The first-order valence-electron chi connectivity index (χ1n) is 9.26. The van der Waals surface area contributed by atoms with Crippen LogP contribution in [0.1, 0.15) is 30.4 Å². The Balaban J connectivity index is 1.52. The van der Waals surface area contributed by atoms with Crippen LogP contribution in [0.5, 0.6) is 11.5 Å². The molecule has 0 radical (unpaired) electrons. The summed E-state index contributed by atoms with van der Waals surface area (Å²) in [5.74, 6) is -4.63. The molecular weight excluding hydrogens is 420 g/mol. The highest BCUT2D eigenvalue weighted by molar-refractivity contribution is 6.04. The van der Waals surface area contributed by atoms with E-state index in [0.717, 1.165) is 12.3 Å². The summed E-state index contributed by atoms with van der Waals surface area (Å²) < 4.78 is 45.0. The molecule has 3 atom stereocenters. The fourth-order valence-electron chi connectivity index (χ4n) is 3.33. The highest BCUT2D eigenvalue weighted by atomic mass is 19.3. The van der Waals surface area contributed by atoms with Crippen molar-refractivity contribution >= 4 is 11.7 Å². The number of aliphatic hydroxyl groups is 2. The number of aromatic nitrogens is 2. The minimum absolute atomic E-state index is 0.176. The molecule has 166 valence electrons. The second-order valence-corrected chi connectivity index (χ2v) is 7.55. The Morgan fingerprint density at radius 2 is 1.97 bits per heavy atom. The van der Waals surface area contributed by atoms with Gasteiger partial charge in [0.05, 0.1) is 6.61 Å². The van der Waals surface area contributed by atoms with E-state index in [1.54, 1.807) is 19.9 Å². The van der Waals surface area contributed by atoms with Gasteiger partial charge < -0.3 is 29.7 Å². The Kier molecular flexibility index (Phi) is 4.95. The molecule has 2 aliphatic heterocycles. The van der Waals surface area contributed by atoms with E-state index in [4.69, 9.17) is 19.3 Å². The second-order valence-electron chi connectivity index (χ2n) is 7.55. The lowest BCUT2D eigenvalue weighted by Crippen LogP contribution is -2.41. The van der Waals surface area contributed by atoms with Crippen LogP contribution in [-0.2, 0) is 4.74 Å². The van der Waals surface area contributed by atoms with Crippen molar-refractivity contribution in [1.82, 2.24) is 9.55 Å². The Morgan fingerprint density at radius 3 is 2.61 bits per heavy atom. The number of halogens is 2. The van der Waals surface area contributed by atoms with E-state index in [2.05, 4.69) is 10.3 Å². The van der Waals surface area contributed by atoms with Crippen molar-refractivity contribution in [3.05, 3.63) is 46.5 Å². The number of carbonyl (C=O) groups excluding carboxylic acids is 1. The van der Waals surface area contributed by atoms with Gasteiger partial charge in [0.1, 0.15) is 11.9 Å². The number of hydrogen-bond acceptors (Lipinski definition) is 8. The van der Waals surface area contributed by atoms with Gasteiger partial charge in [-0.1, -0.05) is 0 Å². The smallest absolute Gasteiger partial charge is 0.351 e. The first-order valence-corrected chi connectivity index (χ1v) is 9.26. The largest absolute Gasteiger partial charge is 0.449 e. The van der Waals surface area contributed by atoms with Gasteiger partial charge in [-0.25, -0.2) is 4.79 Å². The SMILES string of the molecule is CC1(C)Oc2ccc(C(=O)Nc3ccn(C4O[C@H](CO)[C@@H](O)C4(F)F)c(=O)n3)cc2O1. The zero-order valence-corrected chi connectivity index (χ0v) is 16.4. The van der Waals surface area contributed by atoms with Crippen molar-refractivity contribution in [3.8, 4) is 11.5 Å². The fraction of sp³-hybridized carbons (Fsp3) is 0.421. The van der Waals surface area contributed by atoms with Gasteiger partial charge in [0.2, 0.25) is 12.0 Å². The highest BCUT2D eigenvalue weighted by Gasteiger charge is 2.59. The lowest BCUT2D eigenvalue weighted by atomic mass is 10.1. The molecule has 10 nitrogen and oxygen atoms in total. The van der Waals surface area contributed by atoms with Gasteiger partial charge in [-0.3, -0.25) is 9.36 Å². The van der Waals surface area contributed by atoms with Gasteiger partial charge in [0.25, 0.3) is 5.91 Å². The van der Waals surface area contributed by atoms with E-state index in [0.29, 0.717) is 16.1 Å². The number of amides is 1. The number of benzene rings is 1. The summed E-state index contributed by atoms with van der Waals surface area (Å²) in [6.45, 7) is 2.58. The average molecular weight is 439 g/mol. The summed E-state index contributed by atoms with van der Waals surface area (Å²) in [7, 11) is 0. The molecule has 0 bridgehead atoms.